The lowest BCUT2D eigenvalue weighted by Crippen LogP contribution is -2.34. The summed E-state index contributed by atoms with van der Waals surface area (Å²) < 4.78 is 13.5. The average Bonchev–Trinajstić information content (AvgIpc) is 2.46. The van der Waals surface area contributed by atoms with Crippen molar-refractivity contribution in [2.24, 2.45) is 5.92 Å². The van der Waals surface area contributed by atoms with Crippen LogP contribution in [0.1, 0.15) is 30.9 Å². The summed E-state index contributed by atoms with van der Waals surface area (Å²) in [4.78, 5) is 11.8. The Morgan fingerprint density at radius 1 is 1.40 bits per heavy atom. The third-order valence-electron chi connectivity index (χ3n) is 3.69. The standard InChI is InChI=1S/C15H21FN2O2/c16-13-4-2-1-3-12(13)14(19)10-18-15(20)9-11-5-7-17-8-6-11/h1-4,11,14,17,19H,5-10H2,(H,18,20)/t14-/m1/s1. The number of benzene rings is 1. The maximum atomic E-state index is 13.5. The van der Waals surface area contributed by atoms with E-state index in [1.807, 2.05) is 0 Å². The highest BCUT2D eigenvalue weighted by Gasteiger charge is 2.18. The van der Waals surface area contributed by atoms with Crippen LogP contribution in [-0.2, 0) is 4.79 Å². The molecular weight excluding hydrogens is 259 g/mol. The van der Waals surface area contributed by atoms with Gasteiger partial charge in [0.25, 0.3) is 0 Å². The van der Waals surface area contributed by atoms with Gasteiger partial charge in [-0.05, 0) is 37.9 Å². The van der Waals surface area contributed by atoms with Crippen molar-refractivity contribution >= 4 is 5.91 Å². The molecule has 1 atom stereocenters. The lowest BCUT2D eigenvalue weighted by molar-refractivity contribution is -0.122. The van der Waals surface area contributed by atoms with Gasteiger partial charge in [-0.1, -0.05) is 18.2 Å². The number of amides is 1. The first-order valence-electron chi connectivity index (χ1n) is 7.06. The molecule has 1 aromatic rings. The van der Waals surface area contributed by atoms with Crippen LogP contribution in [0.25, 0.3) is 0 Å². The summed E-state index contributed by atoms with van der Waals surface area (Å²) in [7, 11) is 0. The monoisotopic (exact) mass is 280 g/mol. The first-order chi connectivity index (χ1) is 9.66. The molecule has 1 amide bonds. The van der Waals surface area contributed by atoms with Gasteiger partial charge in [0.05, 0.1) is 6.10 Å². The van der Waals surface area contributed by atoms with Crippen molar-refractivity contribution in [3.05, 3.63) is 35.6 Å². The minimum absolute atomic E-state index is 0.0464. The number of carbonyl (C=O) groups is 1. The van der Waals surface area contributed by atoms with E-state index in [0.717, 1.165) is 25.9 Å². The predicted octanol–water partition coefficient (Wildman–Crippen LogP) is 1.36. The molecule has 1 aliphatic heterocycles. The molecule has 3 N–H and O–H groups in total. The predicted molar refractivity (Wildman–Crippen MR) is 74.6 cm³/mol. The van der Waals surface area contributed by atoms with Gasteiger partial charge in [-0.15, -0.1) is 0 Å². The van der Waals surface area contributed by atoms with Crippen LogP contribution in [0.4, 0.5) is 4.39 Å². The number of nitrogens with one attached hydrogen (secondary N) is 2. The van der Waals surface area contributed by atoms with Gasteiger partial charge in [0.1, 0.15) is 5.82 Å². The quantitative estimate of drug-likeness (QED) is 0.763. The van der Waals surface area contributed by atoms with Crippen molar-refractivity contribution in [1.82, 2.24) is 10.6 Å². The maximum absolute atomic E-state index is 13.5. The largest absolute Gasteiger partial charge is 0.386 e. The van der Waals surface area contributed by atoms with Crippen molar-refractivity contribution in [3.63, 3.8) is 0 Å². The Balaban J connectivity index is 1.76. The van der Waals surface area contributed by atoms with Crippen LogP contribution in [0.5, 0.6) is 0 Å². The molecule has 2 rings (SSSR count). The number of halogens is 1. The summed E-state index contributed by atoms with van der Waals surface area (Å²) in [6.07, 6.45) is 1.48. The van der Waals surface area contributed by atoms with E-state index in [9.17, 15) is 14.3 Å². The van der Waals surface area contributed by atoms with Crippen molar-refractivity contribution in [2.75, 3.05) is 19.6 Å². The highest BCUT2D eigenvalue weighted by Crippen LogP contribution is 2.17. The van der Waals surface area contributed by atoms with Crippen LogP contribution in [-0.4, -0.2) is 30.6 Å². The summed E-state index contributed by atoms with van der Waals surface area (Å²) in [6, 6.07) is 6.06. The first-order valence-corrected chi connectivity index (χ1v) is 7.06. The Morgan fingerprint density at radius 3 is 2.80 bits per heavy atom. The number of aliphatic hydroxyl groups excluding tert-OH is 1. The zero-order valence-electron chi connectivity index (χ0n) is 11.4. The van der Waals surface area contributed by atoms with E-state index in [1.54, 1.807) is 12.1 Å². The van der Waals surface area contributed by atoms with Gasteiger partial charge in [0.15, 0.2) is 0 Å². The van der Waals surface area contributed by atoms with Crippen LogP contribution >= 0.6 is 0 Å². The highest BCUT2D eigenvalue weighted by molar-refractivity contribution is 5.76. The van der Waals surface area contributed by atoms with Crippen LogP contribution in [0.15, 0.2) is 24.3 Å². The highest BCUT2D eigenvalue weighted by atomic mass is 19.1. The summed E-state index contributed by atoms with van der Waals surface area (Å²) in [5.74, 6) is -0.123. The molecule has 0 unspecified atom stereocenters. The Bertz CT molecular complexity index is 447. The molecule has 1 aromatic carbocycles. The molecule has 0 radical (unpaired) electrons. The van der Waals surface area contributed by atoms with Gasteiger partial charge >= 0.3 is 0 Å². The molecule has 1 heterocycles. The Hall–Kier alpha value is -1.46. The SMILES string of the molecule is O=C(CC1CCNCC1)NC[C@@H](O)c1ccccc1F. The van der Waals surface area contributed by atoms with Crippen molar-refractivity contribution in [3.8, 4) is 0 Å². The lowest BCUT2D eigenvalue weighted by Gasteiger charge is -2.22. The normalized spacial score (nSPS) is 17.7. The van der Waals surface area contributed by atoms with Gasteiger partial charge in [-0.2, -0.15) is 0 Å². The second-order valence-electron chi connectivity index (χ2n) is 5.24. The number of piperidine rings is 1. The van der Waals surface area contributed by atoms with E-state index < -0.39 is 11.9 Å². The van der Waals surface area contributed by atoms with E-state index in [-0.39, 0.29) is 18.0 Å². The molecule has 0 aromatic heterocycles. The van der Waals surface area contributed by atoms with Crippen molar-refractivity contribution < 1.29 is 14.3 Å². The smallest absolute Gasteiger partial charge is 0.220 e. The van der Waals surface area contributed by atoms with Crippen LogP contribution in [0.2, 0.25) is 0 Å². The number of carbonyl (C=O) groups excluding carboxylic acids is 1. The summed E-state index contributed by atoms with van der Waals surface area (Å²) in [6.45, 7) is 1.95. The first kappa shape index (κ1) is 14.9. The van der Waals surface area contributed by atoms with Crippen LogP contribution in [0, 0.1) is 11.7 Å². The van der Waals surface area contributed by atoms with Crippen LogP contribution < -0.4 is 10.6 Å². The lowest BCUT2D eigenvalue weighted by atomic mass is 9.94. The van der Waals surface area contributed by atoms with Gasteiger partial charge in [-0.3, -0.25) is 4.79 Å². The van der Waals surface area contributed by atoms with E-state index in [1.165, 1.54) is 12.1 Å². The molecule has 1 fully saturated rings. The second kappa shape index (κ2) is 7.36. The zero-order valence-corrected chi connectivity index (χ0v) is 11.4. The number of aliphatic hydroxyl groups is 1. The van der Waals surface area contributed by atoms with Gasteiger partial charge in [-0.25, -0.2) is 4.39 Å². The molecule has 110 valence electrons. The molecule has 0 aliphatic carbocycles. The van der Waals surface area contributed by atoms with Crippen molar-refractivity contribution in [2.45, 2.75) is 25.4 Å². The Kier molecular flexibility index (Phi) is 5.49. The molecule has 5 heteroatoms. The minimum Gasteiger partial charge on any atom is -0.386 e. The average molecular weight is 280 g/mol. The summed E-state index contributed by atoms with van der Waals surface area (Å²) in [5, 5.41) is 15.8. The second-order valence-corrected chi connectivity index (χ2v) is 5.24. The number of hydrogen-bond donors (Lipinski definition) is 3. The third-order valence-corrected chi connectivity index (χ3v) is 3.69. The Labute approximate surface area is 118 Å². The van der Waals surface area contributed by atoms with E-state index >= 15 is 0 Å². The molecule has 1 aliphatic rings. The fourth-order valence-electron chi connectivity index (χ4n) is 2.49. The van der Waals surface area contributed by atoms with Gasteiger partial charge in [0, 0.05) is 18.5 Å². The molecule has 20 heavy (non-hydrogen) atoms. The van der Waals surface area contributed by atoms with E-state index in [4.69, 9.17) is 0 Å². The molecule has 0 bridgehead atoms. The number of hydrogen-bond acceptors (Lipinski definition) is 3. The fraction of sp³-hybridized carbons (Fsp3) is 0.533. The van der Waals surface area contributed by atoms with E-state index in [0.29, 0.717) is 12.3 Å². The maximum Gasteiger partial charge on any atom is 0.220 e. The van der Waals surface area contributed by atoms with E-state index in [2.05, 4.69) is 10.6 Å². The van der Waals surface area contributed by atoms with Crippen LogP contribution in [0.3, 0.4) is 0 Å². The number of rotatable bonds is 5. The summed E-state index contributed by atoms with van der Waals surface area (Å²) in [5.41, 5.74) is 0.217. The molecule has 0 spiro atoms. The minimum atomic E-state index is -1.01. The zero-order chi connectivity index (χ0) is 14.4. The third kappa shape index (κ3) is 4.28. The topological polar surface area (TPSA) is 61.4 Å². The molecule has 0 saturated carbocycles. The van der Waals surface area contributed by atoms with Gasteiger partial charge < -0.3 is 15.7 Å². The molecule has 1 saturated heterocycles. The molecule has 4 nitrogen and oxygen atoms in total. The fourth-order valence-corrected chi connectivity index (χ4v) is 2.49. The van der Waals surface area contributed by atoms with Crippen molar-refractivity contribution in [1.29, 1.82) is 0 Å². The summed E-state index contributed by atoms with van der Waals surface area (Å²) >= 11 is 0. The molecular formula is C15H21FN2O2. The Morgan fingerprint density at radius 2 is 2.10 bits per heavy atom. The van der Waals surface area contributed by atoms with Gasteiger partial charge in [0.2, 0.25) is 5.91 Å².